The fourth-order valence-corrected chi connectivity index (χ4v) is 1.90. The third kappa shape index (κ3) is 3.92. The third-order valence-electron chi connectivity index (χ3n) is 2.80. The predicted octanol–water partition coefficient (Wildman–Crippen LogP) is 3.12. The molecule has 1 aromatic carbocycles. The van der Waals surface area contributed by atoms with E-state index in [1.807, 2.05) is 26.8 Å². The quantitative estimate of drug-likeness (QED) is 0.518. The Bertz CT molecular complexity index is 427. The van der Waals surface area contributed by atoms with Crippen LogP contribution >= 0.6 is 22.6 Å². The normalized spacial score (nSPS) is 13.5. The van der Waals surface area contributed by atoms with Crippen LogP contribution in [0.4, 0.5) is 5.69 Å². The van der Waals surface area contributed by atoms with Gasteiger partial charge in [0.05, 0.1) is 4.92 Å². The average Bonchev–Trinajstić information content (AvgIpc) is 2.18. The summed E-state index contributed by atoms with van der Waals surface area (Å²) in [5.74, 6) is 0. The molecule has 0 saturated carbocycles. The van der Waals surface area contributed by atoms with E-state index >= 15 is 0 Å². The van der Waals surface area contributed by atoms with Crippen molar-refractivity contribution in [3.63, 3.8) is 0 Å². The lowest BCUT2D eigenvalue weighted by Crippen LogP contribution is -2.37. The second kappa shape index (κ2) is 5.30. The minimum Gasteiger partial charge on any atom is -0.327 e. The molecular weight excluding hydrogens is 331 g/mol. The van der Waals surface area contributed by atoms with Gasteiger partial charge in [-0.2, -0.15) is 0 Å². The summed E-state index contributed by atoms with van der Waals surface area (Å²) in [6.07, 6.45) is 0.525. The largest absolute Gasteiger partial charge is 0.327 e. The topological polar surface area (TPSA) is 69.2 Å². The highest BCUT2D eigenvalue weighted by Crippen LogP contribution is 2.26. The summed E-state index contributed by atoms with van der Waals surface area (Å²) < 4.78 is 0.863. The molecule has 0 aliphatic rings. The molecule has 0 radical (unpaired) electrons. The summed E-state index contributed by atoms with van der Waals surface area (Å²) in [7, 11) is 0. The van der Waals surface area contributed by atoms with Crippen molar-refractivity contribution in [1.82, 2.24) is 0 Å². The van der Waals surface area contributed by atoms with Crippen LogP contribution in [0.25, 0.3) is 0 Å². The fourth-order valence-electron chi connectivity index (χ4n) is 1.42. The molecule has 1 aromatic rings. The number of hydrogen-bond donors (Lipinski definition) is 1. The molecule has 0 amide bonds. The Balaban J connectivity index is 3.03. The van der Waals surface area contributed by atoms with E-state index in [1.165, 1.54) is 0 Å². The highest BCUT2D eigenvalue weighted by molar-refractivity contribution is 14.1. The van der Waals surface area contributed by atoms with E-state index in [4.69, 9.17) is 5.73 Å². The molecule has 1 rings (SSSR count). The van der Waals surface area contributed by atoms with Crippen molar-refractivity contribution in [3.8, 4) is 0 Å². The monoisotopic (exact) mass is 348 g/mol. The van der Waals surface area contributed by atoms with Gasteiger partial charge < -0.3 is 5.73 Å². The number of nitro benzene ring substituents is 1. The van der Waals surface area contributed by atoms with Gasteiger partial charge in [-0.15, -0.1) is 0 Å². The molecule has 94 valence electrons. The van der Waals surface area contributed by atoms with E-state index in [-0.39, 0.29) is 22.1 Å². The van der Waals surface area contributed by atoms with Crippen LogP contribution in [0.1, 0.15) is 26.3 Å². The lowest BCUT2D eigenvalue weighted by molar-refractivity contribution is -0.385. The van der Waals surface area contributed by atoms with Crippen molar-refractivity contribution >= 4 is 28.3 Å². The second-order valence-corrected chi connectivity index (χ2v) is 6.45. The zero-order chi connectivity index (χ0) is 13.2. The van der Waals surface area contributed by atoms with Gasteiger partial charge in [0.1, 0.15) is 0 Å². The van der Waals surface area contributed by atoms with Gasteiger partial charge in [-0.1, -0.05) is 26.8 Å². The second-order valence-electron chi connectivity index (χ2n) is 5.21. The van der Waals surface area contributed by atoms with Gasteiger partial charge in [0.2, 0.25) is 0 Å². The molecule has 0 aromatic heterocycles. The smallest absolute Gasteiger partial charge is 0.273 e. The first-order chi connectivity index (χ1) is 7.71. The average molecular weight is 348 g/mol. The summed E-state index contributed by atoms with van der Waals surface area (Å²) in [6, 6.07) is 5.16. The number of nitrogens with two attached hydrogens (primary N) is 1. The van der Waals surface area contributed by atoms with Crippen LogP contribution in [0.2, 0.25) is 0 Å². The van der Waals surface area contributed by atoms with Crippen LogP contribution in [0.5, 0.6) is 0 Å². The highest BCUT2D eigenvalue weighted by Gasteiger charge is 2.24. The Hall–Kier alpha value is -0.690. The van der Waals surface area contributed by atoms with Crippen LogP contribution < -0.4 is 5.73 Å². The van der Waals surface area contributed by atoms with Gasteiger partial charge in [-0.3, -0.25) is 10.1 Å². The summed E-state index contributed by atoms with van der Waals surface area (Å²) in [5, 5.41) is 11.0. The number of halogens is 1. The molecule has 0 bridgehead atoms. The van der Waals surface area contributed by atoms with Crippen molar-refractivity contribution in [2.75, 3.05) is 0 Å². The van der Waals surface area contributed by atoms with E-state index < -0.39 is 0 Å². The van der Waals surface area contributed by atoms with Crippen molar-refractivity contribution in [2.24, 2.45) is 11.1 Å². The lowest BCUT2D eigenvalue weighted by atomic mass is 9.83. The van der Waals surface area contributed by atoms with Crippen LogP contribution in [-0.2, 0) is 6.42 Å². The van der Waals surface area contributed by atoms with Crippen LogP contribution in [0, 0.1) is 19.1 Å². The van der Waals surface area contributed by atoms with Crippen molar-refractivity contribution in [2.45, 2.75) is 33.2 Å². The number of rotatable bonds is 3. The van der Waals surface area contributed by atoms with Gasteiger partial charge >= 0.3 is 0 Å². The van der Waals surface area contributed by atoms with Crippen molar-refractivity contribution < 1.29 is 4.92 Å². The molecule has 2 N–H and O–H groups in total. The summed E-state index contributed by atoms with van der Waals surface area (Å²) in [4.78, 5) is 10.6. The van der Waals surface area contributed by atoms with Gasteiger partial charge in [-0.05, 0) is 40.5 Å². The molecular formula is C12H17IN2O2. The van der Waals surface area contributed by atoms with E-state index in [2.05, 4.69) is 22.6 Å². The number of nitrogens with zero attached hydrogens (tertiary/aromatic N) is 1. The Morgan fingerprint density at radius 3 is 2.53 bits per heavy atom. The maximum atomic E-state index is 11.0. The Morgan fingerprint density at radius 2 is 2.06 bits per heavy atom. The molecule has 0 aliphatic heterocycles. The Kier molecular flexibility index (Phi) is 4.48. The first kappa shape index (κ1) is 14.4. The van der Waals surface area contributed by atoms with Gasteiger partial charge in [0, 0.05) is 21.2 Å². The molecule has 0 aliphatic carbocycles. The SMILES string of the molecule is CC(C)(C)C(N)Cc1ccc(I)cc1[N+](=O)[O-]. The maximum absolute atomic E-state index is 11.0. The molecule has 0 saturated heterocycles. The fraction of sp³-hybridized carbons (Fsp3) is 0.500. The van der Waals surface area contributed by atoms with Crippen LogP contribution in [-0.4, -0.2) is 11.0 Å². The molecule has 17 heavy (non-hydrogen) atoms. The molecule has 0 fully saturated rings. The molecule has 0 spiro atoms. The van der Waals surface area contributed by atoms with Gasteiger partial charge in [-0.25, -0.2) is 0 Å². The first-order valence-corrected chi connectivity index (χ1v) is 6.48. The van der Waals surface area contributed by atoms with Gasteiger partial charge in [0.25, 0.3) is 5.69 Å². The van der Waals surface area contributed by atoms with Crippen molar-refractivity contribution in [1.29, 1.82) is 0 Å². The van der Waals surface area contributed by atoms with Gasteiger partial charge in [0.15, 0.2) is 0 Å². The predicted molar refractivity (Wildman–Crippen MR) is 76.9 cm³/mol. The standard InChI is InChI=1S/C12H17IN2O2/c1-12(2,3)11(14)6-8-4-5-9(13)7-10(8)15(16)17/h4-5,7,11H,6,14H2,1-3H3. The summed E-state index contributed by atoms with van der Waals surface area (Å²) in [5.41, 5.74) is 6.88. The highest BCUT2D eigenvalue weighted by atomic mass is 127. The zero-order valence-electron chi connectivity index (χ0n) is 10.2. The minimum absolute atomic E-state index is 0.0587. The van der Waals surface area contributed by atoms with Crippen LogP contribution in [0.3, 0.4) is 0 Å². The minimum atomic E-state index is -0.340. The number of nitro groups is 1. The third-order valence-corrected chi connectivity index (χ3v) is 3.47. The number of benzene rings is 1. The molecule has 1 unspecified atom stereocenters. The van der Waals surface area contributed by atoms with E-state index in [1.54, 1.807) is 12.1 Å². The van der Waals surface area contributed by atoms with Crippen molar-refractivity contribution in [3.05, 3.63) is 37.4 Å². The first-order valence-electron chi connectivity index (χ1n) is 5.40. The zero-order valence-corrected chi connectivity index (χ0v) is 12.4. The van der Waals surface area contributed by atoms with E-state index in [0.717, 1.165) is 3.57 Å². The molecule has 0 heterocycles. The number of hydrogen-bond acceptors (Lipinski definition) is 3. The molecule has 1 atom stereocenters. The Morgan fingerprint density at radius 1 is 1.47 bits per heavy atom. The van der Waals surface area contributed by atoms with Crippen LogP contribution in [0.15, 0.2) is 18.2 Å². The molecule has 5 heteroatoms. The maximum Gasteiger partial charge on any atom is 0.273 e. The van der Waals surface area contributed by atoms with E-state index in [0.29, 0.717) is 12.0 Å². The van der Waals surface area contributed by atoms with E-state index in [9.17, 15) is 10.1 Å². The molecule has 4 nitrogen and oxygen atoms in total. The summed E-state index contributed by atoms with van der Waals surface area (Å²) >= 11 is 2.07. The lowest BCUT2D eigenvalue weighted by Gasteiger charge is -2.26. The Labute approximate surface area is 115 Å². The summed E-state index contributed by atoms with van der Waals surface area (Å²) in [6.45, 7) is 6.11.